The lowest BCUT2D eigenvalue weighted by atomic mass is 10.1. The standard InChI is InChI=1S/C14H17N3O5/c1-8-11(9(2)22-15-8)5-12(18)16-4-3-10(6-16)17-13(19)7-21-14(17)20/h10H,3-7H2,1-2H3. The lowest BCUT2D eigenvalue weighted by molar-refractivity contribution is -0.131. The van der Waals surface area contributed by atoms with Crippen molar-refractivity contribution < 1.29 is 23.6 Å². The molecule has 8 nitrogen and oxygen atoms in total. The van der Waals surface area contributed by atoms with E-state index in [-0.39, 0.29) is 30.9 Å². The highest BCUT2D eigenvalue weighted by Crippen LogP contribution is 2.22. The molecule has 1 atom stereocenters. The SMILES string of the molecule is Cc1noc(C)c1CC(=O)N1CCC(N2C(=O)COC2=O)C1. The van der Waals surface area contributed by atoms with Crippen molar-refractivity contribution in [1.29, 1.82) is 0 Å². The monoisotopic (exact) mass is 307 g/mol. The van der Waals surface area contributed by atoms with Crippen molar-refractivity contribution >= 4 is 17.9 Å². The Bertz CT molecular complexity index is 603. The molecule has 2 fully saturated rings. The van der Waals surface area contributed by atoms with E-state index in [0.29, 0.717) is 31.0 Å². The first kappa shape index (κ1) is 14.6. The molecule has 0 N–H and O–H groups in total. The van der Waals surface area contributed by atoms with Crippen LogP contribution < -0.4 is 0 Å². The first-order chi connectivity index (χ1) is 10.5. The van der Waals surface area contributed by atoms with Crippen molar-refractivity contribution in [3.63, 3.8) is 0 Å². The largest absolute Gasteiger partial charge is 0.439 e. The number of hydrogen-bond acceptors (Lipinski definition) is 6. The van der Waals surface area contributed by atoms with Gasteiger partial charge < -0.3 is 14.2 Å². The molecule has 3 rings (SSSR count). The molecule has 0 radical (unpaired) electrons. The van der Waals surface area contributed by atoms with E-state index in [9.17, 15) is 14.4 Å². The second-order valence-electron chi connectivity index (χ2n) is 5.58. The maximum absolute atomic E-state index is 12.4. The number of imide groups is 1. The zero-order valence-electron chi connectivity index (χ0n) is 12.5. The van der Waals surface area contributed by atoms with Crippen molar-refractivity contribution in [3.05, 3.63) is 17.0 Å². The second-order valence-corrected chi connectivity index (χ2v) is 5.58. The van der Waals surface area contributed by atoms with Gasteiger partial charge in [0.05, 0.1) is 18.2 Å². The van der Waals surface area contributed by atoms with Gasteiger partial charge in [0.25, 0.3) is 5.91 Å². The maximum Gasteiger partial charge on any atom is 0.417 e. The molecule has 0 saturated carbocycles. The van der Waals surface area contributed by atoms with E-state index < -0.39 is 6.09 Å². The number of aryl methyl sites for hydroxylation is 2. The van der Waals surface area contributed by atoms with Gasteiger partial charge in [-0.1, -0.05) is 5.16 Å². The van der Waals surface area contributed by atoms with Crippen LogP contribution in [-0.2, 0) is 20.7 Å². The summed E-state index contributed by atoms with van der Waals surface area (Å²) in [4.78, 5) is 38.4. The molecule has 0 spiro atoms. The van der Waals surface area contributed by atoms with Gasteiger partial charge in [-0.2, -0.15) is 0 Å². The van der Waals surface area contributed by atoms with Crippen molar-refractivity contribution in [2.75, 3.05) is 19.7 Å². The minimum absolute atomic E-state index is 0.0584. The number of aromatic nitrogens is 1. The molecule has 3 amide bonds. The fourth-order valence-electron chi connectivity index (χ4n) is 2.91. The summed E-state index contributed by atoms with van der Waals surface area (Å²) in [5, 5.41) is 3.83. The van der Waals surface area contributed by atoms with Gasteiger partial charge in [0, 0.05) is 18.7 Å². The fourth-order valence-corrected chi connectivity index (χ4v) is 2.91. The van der Waals surface area contributed by atoms with Crippen LogP contribution >= 0.6 is 0 Å². The average molecular weight is 307 g/mol. The van der Waals surface area contributed by atoms with Crippen molar-refractivity contribution in [3.8, 4) is 0 Å². The minimum Gasteiger partial charge on any atom is -0.439 e. The van der Waals surface area contributed by atoms with E-state index in [0.717, 1.165) is 10.5 Å². The number of likely N-dealkylation sites (tertiary alicyclic amines) is 1. The first-order valence-electron chi connectivity index (χ1n) is 7.15. The number of ether oxygens (including phenoxy) is 1. The van der Waals surface area contributed by atoms with Crippen molar-refractivity contribution in [1.82, 2.24) is 15.0 Å². The highest BCUT2D eigenvalue weighted by Gasteiger charge is 2.41. The Morgan fingerprint density at radius 1 is 1.36 bits per heavy atom. The number of rotatable bonds is 3. The molecule has 3 heterocycles. The number of carbonyl (C=O) groups is 3. The van der Waals surface area contributed by atoms with Crippen molar-refractivity contribution in [2.24, 2.45) is 0 Å². The third kappa shape index (κ3) is 2.44. The van der Waals surface area contributed by atoms with Crippen LogP contribution in [0.5, 0.6) is 0 Å². The number of hydrogen-bond donors (Lipinski definition) is 0. The van der Waals surface area contributed by atoms with Gasteiger partial charge in [0.15, 0.2) is 6.61 Å². The summed E-state index contributed by atoms with van der Waals surface area (Å²) in [5.41, 5.74) is 1.50. The van der Waals surface area contributed by atoms with Gasteiger partial charge in [-0.25, -0.2) is 9.69 Å². The van der Waals surface area contributed by atoms with E-state index in [2.05, 4.69) is 5.16 Å². The van der Waals surface area contributed by atoms with E-state index in [1.54, 1.807) is 18.7 Å². The van der Waals surface area contributed by atoms with E-state index in [4.69, 9.17) is 9.26 Å². The fraction of sp³-hybridized carbons (Fsp3) is 0.571. The number of nitrogens with zero attached hydrogens (tertiary/aromatic N) is 3. The molecular formula is C14H17N3O5. The Kier molecular flexibility index (Phi) is 3.59. The summed E-state index contributed by atoms with van der Waals surface area (Å²) in [5.74, 6) is 0.242. The molecule has 2 saturated heterocycles. The summed E-state index contributed by atoms with van der Waals surface area (Å²) < 4.78 is 9.77. The smallest absolute Gasteiger partial charge is 0.417 e. The summed E-state index contributed by atoms with van der Waals surface area (Å²) >= 11 is 0. The van der Waals surface area contributed by atoms with Crippen LogP contribution in [0, 0.1) is 13.8 Å². The zero-order chi connectivity index (χ0) is 15.9. The zero-order valence-corrected chi connectivity index (χ0v) is 12.5. The molecule has 22 heavy (non-hydrogen) atoms. The minimum atomic E-state index is -0.616. The van der Waals surface area contributed by atoms with Gasteiger partial charge in [-0.05, 0) is 20.3 Å². The molecule has 2 aliphatic rings. The highest BCUT2D eigenvalue weighted by atomic mass is 16.6. The number of cyclic esters (lactones) is 1. The van der Waals surface area contributed by atoms with Crippen molar-refractivity contribution in [2.45, 2.75) is 32.7 Å². The second kappa shape index (κ2) is 5.43. The van der Waals surface area contributed by atoms with Crippen LogP contribution in [0.25, 0.3) is 0 Å². The summed E-state index contributed by atoms with van der Waals surface area (Å²) in [7, 11) is 0. The number of carbonyl (C=O) groups excluding carboxylic acids is 3. The maximum atomic E-state index is 12.4. The molecule has 1 unspecified atom stereocenters. The summed E-state index contributed by atoms with van der Waals surface area (Å²) in [6, 6.07) is -0.295. The van der Waals surface area contributed by atoms with Crippen LogP contribution in [-0.4, -0.2) is 58.6 Å². The van der Waals surface area contributed by atoms with Gasteiger partial charge in [0.1, 0.15) is 5.76 Å². The Morgan fingerprint density at radius 3 is 2.73 bits per heavy atom. The molecule has 2 aliphatic heterocycles. The quantitative estimate of drug-likeness (QED) is 0.803. The Morgan fingerprint density at radius 2 is 2.14 bits per heavy atom. The van der Waals surface area contributed by atoms with Gasteiger partial charge in [-0.15, -0.1) is 0 Å². The van der Waals surface area contributed by atoms with Gasteiger partial charge in [-0.3, -0.25) is 9.59 Å². The lowest BCUT2D eigenvalue weighted by Gasteiger charge is -2.20. The molecule has 1 aromatic heterocycles. The predicted molar refractivity (Wildman–Crippen MR) is 72.9 cm³/mol. The summed E-state index contributed by atoms with van der Waals surface area (Å²) in [6.45, 7) is 4.23. The third-order valence-corrected chi connectivity index (χ3v) is 4.17. The topological polar surface area (TPSA) is 93.0 Å². The Balaban J connectivity index is 1.64. The van der Waals surface area contributed by atoms with Crippen LogP contribution in [0.4, 0.5) is 4.79 Å². The molecule has 118 valence electrons. The lowest BCUT2D eigenvalue weighted by Crippen LogP contribution is -2.42. The van der Waals surface area contributed by atoms with E-state index in [1.165, 1.54) is 0 Å². The van der Waals surface area contributed by atoms with Crippen LogP contribution in [0.15, 0.2) is 4.52 Å². The van der Waals surface area contributed by atoms with Gasteiger partial charge in [0.2, 0.25) is 5.91 Å². The van der Waals surface area contributed by atoms with E-state index in [1.807, 2.05) is 0 Å². The first-order valence-corrected chi connectivity index (χ1v) is 7.15. The molecular weight excluding hydrogens is 290 g/mol. The molecule has 8 heteroatoms. The Labute approximate surface area is 127 Å². The normalized spacial score (nSPS) is 21.6. The van der Waals surface area contributed by atoms with Crippen LogP contribution in [0.1, 0.15) is 23.4 Å². The molecule has 1 aromatic rings. The molecule has 0 aliphatic carbocycles. The van der Waals surface area contributed by atoms with Crippen LogP contribution in [0.2, 0.25) is 0 Å². The molecule has 0 bridgehead atoms. The summed E-state index contributed by atoms with van der Waals surface area (Å²) in [6.07, 6.45) is 0.176. The van der Waals surface area contributed by atoms with Gasteiger partial charge >= 0.3 is 6.09 Å². The highest BCUT2D eigenvalue weighted by molar-refractivity contribution is 5.98. The predicted octanol–water partition coefficient (Wildman–Crippen LogP) is 0.414. The number of amides is 3. The molecule has 0 aromatic carbocycles. The third-order valence-electron chi connectivity index (χ3n) is 4.17. The average Bonchev–Trinajstić information content (AvgIpc) is 3.15. The Hall–Kier alpha value is -2.38. The van der Waals surface area contributed by atoms with Crippen LogP contribution in [0.3, 0.4) is 0 Å². The van der Waals surface area contributed by atoms with E-state index >= 15 is 0 Å².